The average Bonchev–Trinajstić information content (AvgIpc) is 1.99. The van der Waals surface area contributed by atoms with E-state index in [0.29, 0.717) is 0 Å². The summed E-state index contributed by atoms with van der Waals surface area (Å²) in [6.07, 6.45) is 4.79. The van der Waals surface area contributed by atoms with Crippen molar-refractivity contribution in [2.24, 2.45) is 11.8 Å². The van der Waals surface area contributed by atoms with Gasteiger partial charge in [0.2, 0.25) is 0 Å². The summed E-state index contributed by atoms with van der Waals surface area (Å²) in [6, 6.07) is 0. The van der Waals surface area contributed by atoms with Gasteiger partial charge in [-0.15, -0.1) is 0 Å². The van der Waals surface area contributed by atoms with Gasteiger partial charge in [0.05, 0.1) is 0 Å². The molecular weight excluding hydrogens is 120 g/mol. The van der Waals surface area contributed by atoms with E-state index in [4.69, 9.17) is 0 Å². The van der Waals surface area contributed by atoms with Crippen molar-refractivity contribution in [1.82, 2.24) is 0 Å². The smallest absolute Gasteiger partial charge is 0.0443 e. The molecule has 2 atom stereocenters. The summed E-state index contributed by atoms with van der Waals surface area (Å²) < 4.78 is 0. The minimum absolute atomic E-state index is 0.800. The normalized spacial score (nSPS) is 16.8. The zero-order valence-electron chi connectivity index (χ0n) is 7.40. The summed E-state index contributed by atoms with van der Waals surface area (Å²) in [6.45, 7) is 12.3. The maximum Gasteiger partial charge on any atom is -0.0443 e. The Morgan fingerprint density at radius 3 is 1.40 bits per heavy atom. The maximum absolute atomic E-state index is 3.87. The van der Waals surface area contributed by atoms with Crippen molar-refractivity contribution < 1.29 is 0 Å². The molecule has 0 saturated heterocycles. The monoisotopic (exact) mass is 140 g/mol. The second-order valence-corrected chi connectivity index (χ2v) is 3.37. The molecule has 0 rings (SSSR count). The molecule has 0 aromatic carbocycles. The summed E-state index contributed by atoms with van der Waals surface area (Å²) in [4.78, 5) is 0. The van der Waals surface area contributed by atoms with Gasteiger partial charge in [-0.3, -0.25) is 0 Å². The standard InChI is InChI=1S/C10H20/c1-5-9(3)7-8-10(4)6-2/h9-10H,1-2,5-8H2,3-4H3. The number of rotatable bonds is 5. The minimum atomic E-state index is 0.800. The summed E-state index contributed by atoms with van der Waals surface area (Å²) in [7, 11) is 0. The second kappa shape index (κ2) is 5.76. The lowest BCUT2D eigenvalue weighted by Crippen LogP contribution is -1.98. The third-order valence-corrected chi connectivity index (χ3v) is 2.14. The maximum atomic E-state index is 3.87. The van der Waals surface area contributed by atoms with E-state index >= 15 is 0 Å². The molecule has 0 saturated carbocycles. The van der Waals surface area contributed by atoms with Gasteiger partial charge in [-0.05, 0) is 11.8 Å². The van der Waals surface area contributed by atoms with Crippen LogP contribution in [-0.4, -0.2) is 0 Å². The van der Waals surface area contributed by atoms with Crippen LogP contribution in [0.1, 0.15) is 39.5 Å². The molecule has 0 spiro atoms. The third-order valence-electron chi connectivity index (χ3n) is 2.14. The van der Waals surface area contributed by atoms with Gasteiger partial charge >= 0.3 is 0 Å². The summed E-state index contributed by atoms with van der Waals surface area (Å²) in [5, 5.41) is 0. The van der Waals surface area contributed by atoms with Gasteiger partial charge in [0.1, 0.15) is 0 Å². The van der Waals surface area contributed by atoms with Crippen LogP contribution in [0.5, 0.6) is 0 Å². The molecule has 60 valence electrons. The van der Waals surface area contributed by atoms with E-state index in [2.05, 4.69) is 27.7 Å². The SMILES string of the molecule is [CH2]CC(C)CCC(C)C[CH2]. The number of hydrogen-bond acceptors (Lipinski definition) is 0. The van der Waals surface area contributed by atoms with Crippen LogP contribution >= 0.6 is 0 Å². The van der Waals surface area contributed by atoms with Gasteiger partial charge in [-0.1, -0.05) is 53.4 Å². The highest BCUT2D eigenvalue weighted by molar-refractivity contribution is 4.59. The van der Waals surface area contributed by atoms with Crippen LogP contribution in [0.15, 0.2) is 0 Å². The van der Waals surface area contributed by atoms with Crippen molar-refractivity contribution in [1.29, 1.82) is 0 Å². The van der Waals surface area contributed by atoms with E-state index in [1.807, 2.05) is 0 Å². The highest BCUT2D eigenvalue weighted by Gasteiger charge is 2.02. The first-order chi connectivity index (χ1) is 4.70. The Morgan fingerprint density at radius 1 is 0.900 bits per heavy atom. The largest absolute Gasteiger partial charge is 0.0625 e. The molecule has 0 aliphatic carbocycles. The Bertz CT molecular complexity index is 56.4. The van der Waals surface area contributed by atoms with E-state index in [-0.39, 0.29) is 0 Å². The van der Waals surface area contributed by atoms with Crippen LogP contribution in [-0.2, 0) is 0 Å². The first kappa shape index (κ1) is 10.0. The lowest BCUT2D eigenvalue weighted by atomic mass is 9.95. The quantitative estimate of drug-likeness (QED) is 0.548. The molecule has 2 unspecified atom stereocenters. The van der Waals surface area contributed by atoms with Crippen LogP contribution in [0.3, 0.4) is 0 Å². The first-order valence-corrected chi connectivity index (χ1v) is 4.29. The Labute approximate surface area is 66.0 Å². The third kappa shape index (κ3) is 4.84. The molecule has 0 aliphatic heterocycles. The van der Waals surface area contributed by atoms with Crippen molar-refractivity contribution in [2.45, 2.75) is 39.5 Å². The predicted octanol–water partition coefficient (Wildman–Crippen LogP) is 3.49. The van der Waals surface area contributed by atoms with Gasteiger partial charge in [-0.2, -0.15) is 0 Å². The Hall–Kier alpha value is 0. The minimum Gasteiger partial charge on any atom is -0.0625 e. The van der Waals surface area contributed by atoms with Crippen molar-refractivity contribution >= 4 is 0 Å². The second-order valence-electron chi connectivity index (χ2n) is 3.37. The van der Waals surface area contributed by atoms with E-state index in [0.717, 1.165) is 24.7 Å². The van der Waals surface area contributed by atoms with Gasteiger partial charge < -0.3 is 0 Å². The summed E-state index contributed by atoms with van der Waals surface area (Å²) in [5.41, 5.74) is 0. The molecule has 0 fully saturated rings. The van der Waals surface area contributed by atoms with Crippen LogP contribution in [0.4, 0.5) is 0 Å². The molecule has 10 heavy (non-hydrogen) atoms. The fourth-order valence-electron chi connectivity index (χ4n) is 0.858. The Kier molecular flexibility index (Phi) is 5.76. The molecule has 0 bridgehead atoms. The van der Waals surface area contributed by atoms with Crippen molar-refractivity contribution in [3.8, 4) is 0 Å². The topological polar surface area (TPSA) is 0 Å². The van der Waals surface area contributed by atoms with Crippen molar-refractivity contribution in [3.05, 3.63) is 13.8 Å². The average molecular weight is 140 g/mol. The van der Waals surface area contributed by atoms with Gasteiger partial charge in [0, 0.05) is 0 Å². The van der Waals surface area contributed by atoms with E-state index in [1.54, 1.807) is 0 Å². The fraction of sp³-hybridized carbons (Fsp3) is 0.800. The van der Waals surface area contributed by atoms with Crippen LogP contribution < -0.4 is 0 Å². The molecule has 0 aliphatic rings. The highest BCUT2D eigenvalue weighted by Crippen LogP contribution is 2.16. The molecular formula is C10H20. The summed E-state index contributed by atoms with van der Waals surface area (Å²) >= 11 is 0. The van der Waals surface area contributed by atoms with Crippen LogP contribution in [0, 0.1) is 25.7 Å². The van der Waals surface area contributed by atoms with Gasteiger partial charge in [-0.25, -0.2) is 0 Å². The summed E-state index contributed by atoms with van der Waals surface area (Å²) in [5.74, 6) is 1.60. The molecule has 0 aromatic heterocycles. The first-order valence-electron chi connectivity index (χ1n) is 4.29. The molecule has 0 aromatic rings. The van der Waals surface area contributed by atoms with Crippen LogP contribution in [0.2, 0.25) is 0 Å². The Balaban J connectivity index is 3.17. The zero-order valence-corrected chi connectivity index (χ0v) is 7.40. The Morgan fingerprint density at radius 2 is 1.20 bits per heavy atom. The lowest BCUT2D eigenvalue weighted by Gasteiger charge is -2.11. The van der Waals surface area contributed by atoms with E-state index in [9.17, 15) is 0 Å². The van der Waals surface area contributed by atoms with Crippen LogP contribution in [0.25, 0.3) is 0 Å². The molecule has 0 amide bonds. The van der Waals surface area contributed by atoms with Gasteiger partial charge in [0.25, 0.3) is 0 Å². The van der Waals surface area contributed by atoms with Crippen molar-refractivity contribution in [2.75, 3.05) is 0 Å². The zero-order chi connectivity index (χ0) is 7.98. The molecule has 0 heteroatoms. The predicted molar refractivity (Wildman–Crippen MR) is 47.5 cm³/mol. The fourth-order valence-corrected chi connectivity index (χ4v) is 0.858. The lowest BCUT2D eigenvalue weighted by molar-refractivity contribution is 0.434. The van der Waals surface area contributed by atoms with Crippen molar-refractivity contribution in [3.63, 3.8) is 0 Å². The number of hydrogen-bond donors (Lipinski definition) is 0. The molecule has 2 radical (unpaired) electrons. The molecule has 0 heterocycles. The van der Waals surface area contributed by atoms with Gasteiger partial charge in [0.15, 0.2) is 0 Å². The molecule has 0 nitrogen and oxygen atoms in total. The highest BCUT2D eigenvalue weighted by atomic mass is 14.1. The van der Waals surface area contributed by atoms with E-state index in [1.165, 1.54) is 12.8 Å². The van der Waals surface area contributed by atoms with E-state index < -0.39 is 0 Å². The molecule has 0 N–H and O–H groups in total.